The minimum atomic E-state index is -0.435. The maximum atomic E-state index is 13.4. The van der Waals surface area contributed by atoms with E-state index in [2.05, 4.69) is 18.2 Å². The molecule has 0 radical (unpaired) electrons. The molecular formula is C22H23FN2OS. The van der Waals surface area contributed by atoms with Gasteiger partial charge in [0, 0.05) is 40.0 Å². The van der Waals surface area contributed by atoms with Crippen molar-refractivity contribution in [2.24, 2.45) is 0 Å². The third-order valence-electron chi connectivity index (χ3n) is 5.27. The summed E-state index contributed by atoms with van der Waals surface area (Å²) in [5, 5.41) is 0.744. The number of rotatable bonds is 5. The highest BCUT2D eigenvalue weighted by atomic mass is 32.2. The van der Waals surface area contributed by atoms with Gasteiger partial charge in [0.1, 0.15) is 11.9 Å². The van der Waals surface area contributed by atoms with Gasteiger partial charge in [0.2, 0.25) is 5.91 Å². The molecule has 27 heavy (non-hydrogen) atoms. The van der Waals surface area contributed by atoms with E-state index in [-0.39, 0.29) is 11.2 Å². The second-order valence-electron chi connectivity index (χ2n) is 6.62. The van der Waals surface area contributed by atoms with E-state index < -0.39 is 6.67 Å². The third-order valence-corrected chi connectivity index (χ3v) is 6.55. The Bertz CT molecular complexity index is 993. The summed E-state index contributed by atoms with van der Waals surface area (Å²) in [5.41, 5.74) is 4.11. The molecule has 4 rings (SSSR count). The molecule has 0 bridgehead atoms. The van der Waals surface area contributed by atoms with Crippen LogP contribution in [0.3, 0.4) is 0 Å². The Balaban J connectivity index is 2.02. The van der Waals surface area contributed by atoms with Gasteiger partial charge in [-0.15, -0.1) is 11.8 Å². The van der Waals surface area contributed by atoms with Gasteiger partial charge >= 0.3 is 0 Å². The number of carbonyl (C=O) groups is 1. The molecule has 1 aromatic heterocycles. The number of carbonyl (C=O) groups excluding carboxylic acids is 1. The summed E-state index contributed by atoms with van der Waals surface area (Å²) >= 11 is 1.61. The molecule has 1 aliphatic rings. The average Bonchev–Trinajstić information content (AvgIpc) is 3.03. The summed E-state index contributed by atoms with van der Waals surface area (Å²) < 4.78 is 15.5. The number of fused-ring (bicyclic) bond motifs is 5. The van der Waals surface area contributed by atoms with E-state index >= 15 is 0 Å². The van der Waals surface area contributed by atoms with Gasteiger partial charge in [-0.2, -0.15) is 0 Å². The molecule has 1 atom stereocenters. The minimum Gasteiger partial charge on any atom is -0.342 e. The zero-order valence-electron chi connectivity index (χ0n) is 15.6. The van der Waals surface area contributed by atoms with E-state index in [0.717, 1.165) is 32.6 Å². The highest BCUT2D eigenvalue weighted by Gasteiger charge is 2.36. The van der Waals surface area contributed by atoms with Crippen LogP contribution in [0, 0.1) is 0 Å². The number of amides is 1. The van der Waals surface area contributed by atoms with E-state index in [1.165, 1.54) is 0 Å². The van der Waals surface area contributed by atoms with Crippen LogP contribution in [-0.2, 0) is 11.3 Å². The summed E-state index contributed by atoms with van der Waals surface area (Å²) in [5.74, 6) is 0.129. The van der Waals surface area contributed by atoms with E-state index in [4.69, 9.17) is 0 Å². The first-order valence-corrected chi connectivity index (χ1v) is 10.3. The molecule has 2 aromatic carbocycles. The summed E-state index contributed by atoms with van der Waals surface area (Å²) in [6.45, 7) is 5.25. The van der Waals surface area contributed by atoms with E-state index in [9.17, 15) is 9.18 Å². The molecule has 2 heterocycles. The lowest BCUT2D eigenvalue weighted by Crippen LogP contribution is -2.34. The Morgan fingerprint density at radius 1 is 1.11 bits per heavy atom. The molecule has 0 saturated heterocycles. The molecule has 1 amide bonds. The van der Waals surface area contributed by atoms with Crippen LogP contribution in [0.4, 0.5) is 4.39 Å². The molecule has 0 spiro atoms. The minimum absolute atomic E-state index is 0.129. The summed E-state index contributed by atoms with van der Waals surface area (Å²) in [4.78, 5) is 16.3. The van der Waals surface area contributed by atoms with Crippen molar-refractivity contribution in [2.75, 3.05) is 19.8 Å². The first kappa shape index (κ1) is 18.1. The Morgan fingerprint density at radius 3 is 2.56 bits per heavy atom. The van der Waals surface area contributed by atoms with Gasteiger partial charge in [-0.25, -0.2) is 4.39 Å². The van der Waals surface area contributed by atoms with Crippen LogP contribution in [0.25, 0.3) is 22.2 Å². The lowest BCUT2D eigenvalue weighted by atomic mass is 10.0. The molecule has 0 fully saturated rings. The SMILES string of the molecule is CCN(CC)C(=O)[C@H]1Sc2ccccc2-c2c1c1ccccc1n2CCF. The Morgan fingerprint density at radius 2 is 1.81 bits per heavy atom. The quantitative estimate of drug-likeness (QED) is 0.599. The fourth-order valence-electron chi connectivity index (χ4n) is 4.03. The Hall–Kier alpha value is -2.27. The lowest BCUT2D eigenvalue weighted by molar-refractivity contribution is -0.130. The van der Waals surface area contributed by atoms with Crippen molar-refractivity contribution >= 4 is 28.6 Å². The Labute approximate surface area is 163 Å². The molecule has 1 aliphatic heterocycles. The van der Waals surface area contributed by atoms with Crippen molar-refractivity contribution in [2.45, 2.75) is 30.5 Å². The van der Waals surface area contributed by atoms with Crippen molar-refractivity contribution < 1.29 is 9.18 Å². The maximum Gasteiger partial charge on any atom is 0.240 e. The van der Waals surface area contributed by atoms with Crippen LogP contribution >= 0.6 is 11.8 Å². The van der Waals surface area contributed by atoms with Crippen molar-refractivity contribution in [1.29, 1.82) is 0 Å². The monoisotopic (exact) mass is 382 g/mol. The number of hydrogen-bond acceptors (Lipinski definition) is 2. The summed E-state index contributed by atoms with van der Waals surface area (Å²) in [6.07, 6.45) is 0. The van der Waals surface area contributed by atoms with Crippen molar-refractivity contribution in [1.82, 2.24) is 9.47 Å². The molecule has 0 aliphatic carbocycles. The molecule has 0 saturated carbocycles. The number of benzene rings is 2. The normalized spacial score (nSPS) is 15.4. The number of hydrogen-bond donors (Lipinski definition) is 0. The van der Waals surface area contributed by atoms with Gasteiger partial charge in [-0.05, 0) is 26.0 Å². The number of likely N-dealkylation sites (N-methyl/N-ethyl adjacent to an activating group) is 1. The van der Waals surface area contributed by atoms with Gasteiger partial charge in [0.15, 0.2) is 0 Å². The van der Waals surface area contributed by atoms with Crippen LogP contribution in [0.15, 0.2) is 53.4 Å². The highest BCUT2D eigenvalue weighted by Crippen LogP contribution is 2.53. The molecule has 0 N–H and O–H groups in total. The van der Waals surface area contributed by atoms with Crippen LogP contribution in [-0.4, -0.2) is 35.1 Å². The molecule has 3 nitrogen and oxygen atoms in total. The van der Waals surface area contributed by atoms with Crippen LogP contribution in [0.5, 0.6) is 0 Å². The second kappa shape index (κ2) is 7.39. The van der Waals surface area contributed by atoms with E-state index in [1.807, 2.05) is 53.6 Å². The van der Waals surface area contributed by atoms with Crippen molar-refractivity contribution in [3.8, 4) is 11.3 Å². The standard InChI is InChI=1S/C22H23FN2OS/c1-3-24(4-2)22(26)21-19-15-9-5-7-11-17(15)25(14-13-23)20(19)16-10-6-8-12-18(16)27-21/h5-12,21H,3-4,13-14H2,1-2H3/t21-/m0/s1. The first-order valence-electron chi connectivity index (χ1n) is 9.43. The largest absolute Gasteiger partial charge is 0.342 e. The predicted molar refractivity (Wildman–Crippen MR) is 110 cm³/mol. The van der Waals surface area contributed by atoms with Crippen LogP contribution in [0.2, 0.25) is 0 Å². The predicted octanol–water partition coefficient (Wildman–Crippen LogP) is 5.29. The molecule has 140 valence electrons. The average molecular weight is 383 g/mol. The third kappa shape index (κ3) is 2.85. The van der Waals surface area contributed by atoms with Crippen molar-refractivity contribution in [3.05, 3.63) is 54.1 Å². The number of nitrogens with zero attached hydrogens (tertiary/aromatic N) is 2. The number of aromatic nitrogens is 1. The van der Waals surface area contributed by atoms with E-state index in [1.54, 1.807) is 11.8 Å². The van der Waals surface area contributed by atoms with E-state index in [0.29, 0.717) is 19.6 Å². The number of halogens is 1. The second-order valence-corrected chi connectivity index (χ2v) is 7.77. The summed E-state index contributed by atoms with van der Waals surface area (Å²) in [7, 11) is 0. The van der Waals surface area contributed by atoms with Crippen molar-refractivity contribution in [3.63, 3.8) is 0 Å². The molecule has 0 unspecified atom stereocenters. The summed E-state index contributed by atoms with van der Waals surface area (Å²) in [6, 6.07) is 16.2. The van der Waals surface area contributed by atoms with Gasteiger partial charge in [0.05, 0.1) is 12.2 Å². The van der Waals surface area contributed by atoms with Gasteiger partial charge < -0.3 is 9.47 Å². The fraction of sp³-hybridized carbons (Fsp3) is 0.318. The zero-order valence-corrected chi connectivity index (χ0v) is 16.4. The van der Waals surface area contributed by atoms with Crippen LogP contribution in [0.1, 0.15) is 24.7 Å². The lowest BCUT2D eigenvalue weighted by Gasteiger charge is -2.29. The number of thioether (sulfide) groups is 1. The molecule has 3 aromatic rings. The molecular weight excluding hydrogens is 359 g/mol. The smallest absolute Gasteiger partial charge is 0.240 e. The number of aryl methyl sites for hydroxylation is 1. The fourth-order valence-corrected chi connectivity index (χ4v) is 5.34. The highest BCUT2D eigenvalue weighted by molar-refractivity contribution is 8.00. The van der Waals surface area contributed by atoms with Gasteiger partial charge in [-0.3, -0.25) is 4.79 Å². The maximum absolute atomic E-state index is 13.4. The number of para-hydroxylation sites is 1. The number of alkyl halides is 1. The van der Waals surface area contributed by atoms with Gasteiger partial charge in [0.25, 0.3) is 0 Å². The first-order chi connectivity index (χ1) is 13.2. The topological polar surface area (TPSA) is 25.2 Å². The van der Waals surface area contributed by atoms with Crippen LogP contribution < -0.4 is 0 Å². The Kier molecular flexibility index (Phi) is 4.96. The zero-order chi connectivity index (χ0) is 19.0. The van der Waals surface area contributed by atoms with Gasteiger partial charge in [-0.1, -0.05) is 36.4 Å². The molecule has 5 heteroatoms.